The van der Waals surface area contributed by atoms with Crippen molar-refractivity contribution in [3.05, 3.63) is 35.9 Å². The molecule has 2 rings (SSSR count). The van der Waals surface area contributed by atoms with Crippen molar-refractivity contribution in [2.45, 2.75) is 18.9 Å². The lowest BCUT2D eigenvalue weighted by Crippen LogP contribution is -2.44. The number of nitrogens with one attached hydrogen (secondary N) is 1. The number of hydrogen-bond acceptors (Lipinski definition) is 4. The van der Waals surface area contributed by atoms with E-state index in [0.717, 1.165) is 19.5 Å². The Morgan fingerprint density at radius 3 is 2.81 bits per heavy atom. The fourth-order valence-electron chi connectivity index (χ4n) is 2.50. The highest BCUT2D eigenvalue weighted by molar-refractivity contribution is 5.76. The third-order valence-electron chi connectivity index (χ3n) is 3.67. The van der Waals surface area contributed by atoms with Gasteiger partial charge in [0.25, 0.3) is 0 Å². The average molecular weight is 291 g/mol. The van der Waals surface area contributed by atoms with Crippen LogP contribution < -0.4 is 11.1 Å². The van der Waals surface area contributed by atoms with Crippen LogP contribution in [-0.4, -0.2) is 56.2 Å². The van der Waals surface area contributed by atoms with Gasteiger partial charge in [0.05, 0.1) is 19.1 Å². The molecule has 1 aromatic carbocycles. The fraction of sp³-hybridized carbons (Fsp3) is 0.562. The van der Waals surface area contributed by atoms with Crippen molar-refractivity contribution in [1.29, 1.82) is 0 Å². The average Bonchev–Trinajstić information content (AvgIpc) is 2.53. The second-order valence-corrected chi connectivity index (χ2v) is 5.31. The maximum atomic E-state index is 12.4. The fourth-order valence-corrected chi connectivity index (χ4v) is 2.50. The van der Waals surface area contributed by atoms with Gasteiger partial charge in [-0.25, -0.2) is 0 Å². The third-order valence-corrected chi connectivity index (χ3v) is 3.67. The van der Waals surface area contributed by atoms with E-state index in [1.54, 1.807) is 0 Å². The van der Waals surface area contributed by atoms with Crippen molar-refractivity contribution >= 4 is 5.91 Å². The summed E-state index contributed by atoms with van der Waals surface area (Å²) >= 11 is 0. The summed E-state index contributed by atoms with van der Waals surface area (Å²) in [5, 5.41) is 3.25. The topological polar surface area (TPSA) is 67.6 Å². The molecule has 1 fully saturated rings. The Morgan fingerprint density at radius 1 is 1.33 bits per heavy atom. The van der Waals surface area contributed by atoms with Crippen molar-refractivity contribution in [2.75, 3.05) is 39.3 Å². The van der Waals surface area contributed by atoms with Gasteiger partial charge in [0.1, 0.15) is 0 Å². The van der Waals surface area contributed by atoms with Gasteiger partial charge in [-0.1, -0.05) is 30.3 Å². The van der Waals surface area contributed by atoms with Crippen LogP contribution in [0.2, 0.25) is 0 Å². The van der Waals surface area contributed by atoms with Crippen LogP contribution in [0.3, 0.4) is 0 Å². The minimum Gasteiger partial charge on any atom is -0.375 e. The molecule has 1 atom stereocenters. The number of ether oxygens (including phenoxy) is 1. The zero-order valence-corrected chi connectivity index (χ0v) is 12.5. The summed E-state index contributed by atoms with van der Waals surface area (Å²) in [7, 11) is 0. The Labute approximate surface area is 126 Å². The van der Waals surface area contributed by atoms with Crippen molar-refractivity contribution < 1.29 is 9.53 Å². The molecule has 0 radical (unpaired) electrons. The summed E-state index contributed by atoms with van der Waals surface area (Å²) in [6.45, 7) is 4.10. The largest absolute Gasteiger partial charge is 0.375 e. The Hall–Kier alpha value is -1.43. The summed E-state index contributed by atoms with van der Waals surface area (Å²) in [6, 6.07) is 10.2. The van der Waals surface area contributed by atoms with Crippen molar-refractivity contribution in [3.8, 4) is 0 Å². The summed E-state index contributed by atoms with van der Waals surface area (Å²) in [6.07, 6.45) is 1.28. The molecule has 0 spiro atoms. The summed E-state index contributed by atoms with van der Waals surface area (Å²) in [5.41, 5.74) is 6.87. The highest BCUT2D eigenvalue weighted by Crippen LogP contribution is 2.07. The van der Waals surface area contributed by atoms with Crippen LogP contribution in [-0.2, 0) is 16.0 Å². The smallest absolute Gasteiger partial charge is 0.225 e. The molecule has 0 saturated carbocycles. The first kappa shape index (κ1) is 15.9. The number of hydrogen-bond donors (Lipinski definition) is 2. The molecule has 1 aromatic rings. The second kappa shape index (κ2) is 8.77. The molecule has 1 aliphatic heterocycles. The van der Waals surface area contributed by atoms with Gasteiger partial charge in [-0.05, 0) is 12.0 Å². The number of nitrogens with two attached hydrogens (primary N) is 1. The Morgan fingerprint density at radius 2 is 2.14 bits per heavy atom. The first-order valence-electron chi connectivity index (χ1n) is 7.63. The standard InChI is InChI=1S/C16H25N3O2/c17-7-10-19(9-6-14-4-2-1-3-5-14)16(20)12-15-13-18-8-11-21-15/h1-5,15,18H,6-13,17H2. The van der Waals surface area contributed by atoms with Gasteiger partial charge >= 0.3 is 0 Å². The van der Waals surface area contributed by atoms with Crippen molar-refractivity contribution in [3.63, 3.8) is 0 Å². The Kier molecular flexibility index (Phi) is 6.66. The van der Waals surface area contributed by atoms with Gasteiger partial charge in [-0.3, -0.25) is 4.79 Å². The predicted octanol–water partition coefficient (Wildman–Crippen LogP) is 0.395. The van der Waals surface area contributed by atoms with E-state index in [1.165, 1.54) is 5.56 Å². The van der Waals surface area contributed by atoms with Crippen LogP contribution in [0.4, 0.5) is 0 Å². The molecule has 5 nitrogen and oxygen atoms in total. The normalized spacial score (nSPS) is 18.4. The van der Waals surface area contributed by atoms with Crippen LogP contribution in [0.5, 0.6) is 0 Å². The highest BCUT2D eigenvalue weighted by Gasteiger charge is 2.21. The van der Waals surface area contributed by atoms with Gasteiger partial charge < -0.3 is 20.7 Å². The van der Waals surface area contributed by atoms with E-state index in [1.807, 2.05) is 23.1 Å². The van der Waals surface area contributed by atoms with Gasteiger partial charge in [-0.2, -0.15) is 0 Å². The molecule has 3 N–H and O–H groups in total. The number of carbonyl (C=O) groups is 1. The lowest BCUT2D eigenvalue weighted by molar-refractivity contribution is -0.134. The molecule has 1 aliphatic rings. The number of amides is 1. The Bertz CT molecular complexity index is 419. The molecular weight excluding hydrogens is 266 g/mol. The van der Waals surface area contributed by atoms with Crippen molar-refractivity contribution in [2.24, 2.45) is 5.73 Å². The summed E-state index contributed by atoms with van der Waals surface area (Å²) in [5.74, 6) is 0.130. The van der Waals surface area contributed by atoms with E-state index >= 15 is 0 Å². The maximum absolute atomic E-state index is 12.4. The van der Waals surface area contributed by atoms with E-state index in [2.05, 4.69) is 17.4 Å². The minimum atomic E-state index is -0.0109. The number of benzene rings is 1. The van der Waals surface area contributed by atoms with Crippen LogP contribution in [0, 0.1) is 0 Å². The van der Waals surface area contributed by atoms with Gasteiger partial charge in [-0.15, -0.1) is 0 Å². The lowest BCUT2D eigenvalue weighted by atomic mass is 10.1. The zero-order valence-electron chi connectivity index (χ0n) is 12.5. The van der Waals surface area contributed by atoms with E-state index in [4.69, 9.17) is 10.5 Å². The zero-order chi connectivity index (χ0) is 14.9. The first-order chi connectivity index (χ1) is 10.3. The highest BCUT2D eigenvalue weighted by atomic mass is 16.5. The molecule has 1 unspecified atom stereocenters. The molecule has 0 aliphatic carbocycles. The van der Waals surface area contributed by atoms with Gasteiger partial charge in [0.2, 0.25) is 5.91 Å². The van der Waals surface area contributed by atoms with E-state index in [0.29, 0.717) is 32.7 Å². The molecular formula is C16H25N3O2. The Balaban J connectivity index is 1.83. The maximum Gasteiger partial charge on any atom is 0.225 e. The second-order valence-electron chi connectivity index (χ2n) is 5.31. The molecule has 0 bridgehead atoms. The van der Waals surface area contributed by atoms with E-state index in [-0.39, 0.29) is 12.0 Å². The molecule has 5 heteroatoms. The summed E-state index contributed by atoms with van der Waals surface area (Å²) in [4.78, 5) is 14.2. The van der Waals surface area contributed by atoms with E-state index < -0.39 is 0 Å². The van der Waals surface area contributed by atoms with Gasteiger partial charge in [0, 0.05) is 32.7 Å². The predicted molar refractivity (Wildman–Crippen MR) is 83.0 cm³/mol. The third kappa shape index (κ3) is 5.46. The quantitative estimate of drug-likeness (QED) is 0.763. The van der Waals surface area contributed by atoms with Crippen LogP contribution in [0.25, 0.3) is 0 Å². The molecule has 1 amide bonds. The molecule has 21 heavy (non-hydrogen) atoms. The summed E-state index contributed by atoms with van der Waals surface area (Å²) < 4.78 is 5.60. The van der Waals surface area contributed by atoms with Gasteiger partial charge in [0.15, 0.2) is 0 Å². The molecule has 0 aromatic heterocycles. The number of carbonyl (C=O) groups excluding carboxylic acids is 1. The minimum absolute atomic E-state index is 0.0109. The first-order valence-corrected chi connectivity index (χ1v) is 7.63. The molecule has 1 saturated heterocycles. The number of nitrogens with zero attached hydrogens (tertiary/aromatic N) is 1. The number of morpholine rings is 1. The van der Waals surface area contributed by atoms with Crippen molar-refractivity contribution in [1.82, 2.24) is 10.2 Å². The SMILES string of the molecule is NCCN(CCc1ccccc1)C(=O)CC1CNCCO1. The monoisotopic (exact) mass is 291 g/mol. The number of rotatable bonds is 7. The van der Waals surface area contributed by atoms with Crippen LogP contribution >= 0.6 is 0 Å². The van der Waals surface area contributed by atoms with Crippen LogP contribution in [0.15, 0.2) is 30.3 Å². The van der Waals surface area contributed by atoms with Crippen LogP contribution in [0.1, 0.15) is 12.0 Å². The molecule has 116 valence electrons. The van der Waals surface area contributed by atoms with E-state index in [9.17, 15) is 4.79 Å². The molecule has 1 heterocycles. The lowest BCUT2D eigenvalue weighted by Gasteiger charge is -2.27.